The van der Waals surface area contributed by atoms with Crippen LogP contribution in [-0.2, 0) is 0 Å². The molecule has 0 aliphatic heterocycles. The number of pyridine rings is 1. The summed E-state index contributed by atoms with van der Waals surface area (Å²) >= 11 is 0. The quantitative estimate of drug-likeness (QED) is 0.430. The third-order valence-electron chi connectivity index (χ3n) is 2.52. The highest BCUT2D eigenvalue weighted by Crippen LogP contribution is 2.12. The van der Waals surface area contributed by atoms with E-state index in [0.717, 1.165) is 24.8 Å². The van der Waals surface area contributed by atoms with Crippen molar-refractivity contribution in [2.24, 2.45) is 10.7 Å². The number of nitrogens with zero attached hydrogens (tertiary/aromatic N) is 2. The molecule has 0 aliphatic carbocycles. The second-order valence-corrected chi connectivity index (χ2v) is 4.23. The fourth-order valence-corrected chi connectivity index (χ4v) is 1.47. The van der Waals surface area contributed by atoms with Gasteiger partial charge < -0.3 is 11.1 Å². The van der Waals surface area contributed by atoms with Gasteiger partial charge in [0.25, 0.3) is 0 Å². The van der Waals surface area contributed by atoms with E-state index in [4.69, 9.17) is 5.73 Å². The Morgan fingerprint density at radius 1 is 1.47 bits per heavy atom. The van der Waals surface area contributed by atoms with Crippen LogP contribution in [0.5, 0.6) is 0 Å². The molecule has 4 N–H and O–H groups in total. The summed E-state index contributed by atoms with van der Waals surface area (Å²) < 4.78 is 0. The SMILES string of the molecule is CCCCCNC(=O)N/C(N)=N/c1ncccc1C. The third kappa shape index (κ3) is 5.85. The normalized spacial score (nSPS) is 11.2. The van der Waals surface area contributed by atoms with Gasteiger partial charge in [0.1, 0.15) is 0 Å². The van der Waals surface area contributed by atoms with Crippen molar-refractivity contribution in [3.8, 4) is 0 Å². The molecule has 0 radical (unpaired) electrons. The van der Waals surface area contributed by atoms with Crippen LogP contribution >= 0.6 is 0 Å². The Kier molecular flexibility index (Phi) is 6.35. The molecule has 1 heterocycles. The molecular weight excluding hydrogens is 242 g/mol. The number of amides is 2. The lowest BCUT2D eigenvalue weighted by Crippen LogP contribution is -2.43. The van der Waals surface area contributed by atoms with Crippen LogP contribution in [0.1, 0.15) is 31.7 Å². The van der Waals surface area contributed by atoms with Crippen LogP contribution in [-0.4, -0.2) is 23.5 Å². The van der Waals surface area contributed by atoms with E-state index >= 15 is 0 Å². The fraction of sp³-hybridized carbons (Fsp3) is 0.462. The molecule has 0 bridgehead atoms. The zero-order valence-electron chi connectivity index (χ0n) is 11.4. The van der Waals surface area contributed by atoms with E-state index in [1.165, 1.54) is 0 Å². The van der Waals surface area contributed by atoms with E-state index < -0.39 is 0 Å². The highest BCUT2D eigenvalue weighted by Gasteiger charge is 2.03. The summed E-state index contributed by atoms with van der Waals surface area (Å²) in [5, 5.41) is 5.19. The summed E-state index contributed by atoms with van der Waals surface area (Å²) in [5.41, 5.74) is 6.54. The molecule has 2 amide bonds. The van der Waals surface area contributed by atoms with Crippen LogP contribution in [0.3, 0.4) is 0 Å². The zero-order valence-corrected chi connectivity index (χ0v) is 11.4. The second-order valence-electron chi connectivity index (χ2n) is 4.23. The van der Waals surface area contributed by atoms with Gasteiger partial charge in [0.05, 0.1) is 0 Å². The lowest BCUT2D eigenvalue weighted by atomic mass is 10.2. The maximum absolute atomic E-state index is 11.5. The summed E-state index contributed by atoms with van der Waals surface area (Å²) in [6.45, 7) is 4.62. The van der Waals surface area contributed by atoms with E-state index in [1.54, 1.807) is 6.20 Å². The van der Waals surface area contributed by atoms with E-state index in [1.807, 2.05) is 19.1 Å². The summed E-state index contributed by atoms with van der Waals surface area (Å²) in [6, 6.07) is 3.36. The van der Waals surface area contributed by atoms with Gasteiger partial charge in [-0.05, 0) is 25.0 Å². The Balaban J connectivity index is 2.44. The standard InChI is InChI=1S/C13H21N5O/c1-3-4-5-8-16-13(19)18-12(14)17-11-10(2)7-6-9-15-11/h6-7,9H,3-5,8H2,1-2H3,(H4,14,15,16,17,18,19). The summed E-state index contributed by atoms with van der Waals surface area (Å²) in [6.07, 6.45) is 4.80. The van der Waals surface area contributed by atoms with Crippen LogP contribution in [0.2, 0.25) is 0 Å². The molecule has 1 aromatic rings. The van der Waals surface area contributed by atoms with Crippen LogP contribution in [0.25, 0.3) is 0 Å². The van der Waals surface area contributed by atoms with Crippen LogP contribution in [0, 0.1) is 6.92 Å². The van der Waals surface area contributed by atoms with Gasteiger partial charge in [-0.2, -0.15) is 4.99 Å². The van der Waals surface area contributed by atoms with Crippen molar-refractivity contribution in [1.82, 2.24) is 15.6 Å². The Labute approximate surface area is 113 Å². The van der Waals surface area contributed by atoms with Crippen LogP contribution in [0.15, 0.2) is 23.3 Å². The molecule has 6 heteroatoms. The number of aromatic nitrogens is 1. The second kappa shape index (κ2) is 8.07. The van der Waals surface area contributed by atoms with Gasteiger partial charge >= 0.3 is 6.03 Å². The van der Waals surface area contributed by atoms with E-state index in [2.05, 4.69) is 27.5 Å². The van der Waals surface area contributed by atoms with Crippen molar-refractivity contribution < 1.29 is 4.79 Å². The average Bonchev–Trinajstić information content (AvgIpc) is 2.37. The highest BCUT2D eigenvalue weighted by atomic mass is 16.2. The molecule has 0 fully saturated rings. The number of aryl methyl sites for hydroxylation is 1. The zero-order chi connectivity index (χ0) is 14.1. The summed E-state index contributed by atoms with van der Waals surface area (Å²) in [5.74, 6) is 0.543. The summed E-state index contributed by atoms with van der Waals surface area (Å²) in [7, 11) is 0. The maximum atomic E-state index is 11.5. The molecule has 0 spiro atoms. The van der Waals surface area contributed by atoms with Crippen LogP contribution in [0.4, 0.5) is 10.6 Å². The lowest BCUT2D eigenvalue weighted by molar-refractivity contribution is 0.245. The highest BCUT2D eigenvalue weighted by molar-refractivity contribution is 5.96. The molecule has 0 atom stereocenters. The monoisotopic (exact) mass is 263 g/mol. The number of rotatable bonds is 5. The third-order valence-corrected chi connectivity index (χ3v) is 2.52. The number of aliphatic imine (C=N–C) groups is 1. The number of hydrogen-bond acceptors (Lipinski definition) is 3. The molecule has 1 aromatic heterocycles. The number of guanidine groups is 1. The van der Waals surface area contributed by atoms with E-state index in [-0.39, 0.29) is 12.0 Å². The Bertz CT molecular complexity index is 444. The smallest absolute Gasteiger partial charge is 0.321 e. The van der Waals surface area contributed by atoms with Crippen molar-refractivity contribution in [1.29, 1.82) is 0 Å². The minimum Gasteiger partial charge on any atom is -0.369 e. The first kappa shape index (κ1) is 14.9. The number of nitrogens with one attached hydrogen (secondary N) is 2. The molecule has 0 unspecified atom stereocenters. The first-order chi connectivity index (χ1) is 9.13. The summed E-state index contributed by atoms with van der Waals surface area (Å²) in [4.78, 5) is 19.6. The first-order valence-electron chi connectivity index (χ1n) is 6.44. The number of unbranched alkanes of at least 4 members (excludes halogenated alkanes) is 2. The number of hydrogen-bond donors (Lipinski definition) is 3. The topological polar surface area (TPSA) is 92.4 Å². The minimum absolute atomic E-state index is 0.0368. The number of carbonyl (C=O) groups is 1. The van der Waals surface area contributed by atoms with Gasteiger partial charge in [0.15, 0.2) is 5.82 Å². The maximum Gasteiger partial charge on any atom is 0.321 e. The van der Waals surface area contributed by atoms with Crippen molar-refractivity contribution in [2.75, 3.05) is 6.54 Å². The van der Waals surface area contributed by atoms with Crippen molar-refractivity contribution >= 4 is 17.8 Å². The molecule has 19 heavy (non-hydrogen) atoms. The van der Waals surface area contributed by atoms with Crippen molar-refractivity contribution in [3.05, 3.63) is 23.9 Å². The Morgan fingerprint density at radius 3 is 2.95 bits per heavy atom. The molecule has 0 aliphatic rings. The lowest BCUT2D eigenvalue weighted by Gasteiger charge is -2.06. The van der Waals surface area contributed by atoms with Gasteiger partial charge in [-0.3, -0.25) is 5.32 Å². The molecule has 0 saturated heterocycles. The molecule has 0 saturated carbocycles. The first-order valence-corrected chi connectivity index (χ1v) is 6.44. The largest absolute Gasteiger partial charge is 0.369 e. The van der Waals surface area contributed by atoms with Gasteiger partial charge in [0.2, 0.25) is 5.96 Å². The van der Waals surface area contributed by atoms with E-state index in [9.17, 15) is 4.79 Å². The Morgan fingerprint density at radius 2 is 2.26 bits per heavy atom. The van der Waals surface area contributed by atoms with E-state index in [0.29, 0.717) is 12.4 Å². The number of urea groups is 1. The van der Waals surface area contributed by atoms with Crippen molar-refractivity contribution in [3.63, 3.8) is 0 Å². The molecule has 0 aromatic carbocycles. The predicted octanol–water partition coefficient (Wildman–Crippen LogP) is 1.83. The van der Waals surface area contributed by atoms with Crippen molar-refractivity contribution in [2.45, 2.75) is 33.1 Å². The molecule has 1 rings (SSSR count). The Hall–Kier alpha value is -2.11. The van der Waals surface area contributed by atoms with Gasteiger partial charge in [-0.25, -0.2) is 9.78 Å². The molecular formula is C13H21N5O. The van der Waals surface area contributed by atoms with Crippen LogP contribution < -0.4 is 16.4 Å². The molecule has 6 nitrogen and oxygen atoms in total. The predicted molar refractivity (Wildman–Crippen MR) is 76.3 cm³/mol. The van der Waals surface area contributed by atoms with Gasteiger partial charge in [-0.1, -0.05) is 25.8 Å². The van der Waals surface area contributed by atoms with Gasteiger partial charge in [-0.15, -0.1) is 0 Å². The molecule has 104 valence electrons. The van der Waals surface area contributed by atoms with Gasteiger partial charge in [0, 0.05) is 12.7 Å². The number of carbonyl (C=O) groups excluding carboxylic acids is 1. The average molecular weight is 263 g/mol. The fourth-order valence-electron chi connectivity index (χ4n) is 1.47. The minimum atomic E-state index is -0.342. The number of nitrogens with two attached hydrogens (primary N) is 1.